The number of hydrogen-bond donors (Lipinski definition) is 0. The molecule has 2 aromatic rings. The van der Waals surface area contributed by atoms with Gasteiger partial charge in [0.05, 0.1) is 0 Å². The van der Waals surface area contributed by atoms with Crippen molar-refractivity contribution in [2.24, 2.45) is 5.92 Å². The molecule has 6 heteroatoms. The van der Waals surface area contributed by atoms with Crippen LogP contribution in [0.1, 0.15) is 25.3 Å². The van der Waals surface area contributed by atoms with Gasteiger partial charge in [0, 0.05) is 30.5 Å². The van der Waals surface area contributed by atoms with Crippen LogP contribution in [0.2, 0.25) is 0 Å². The van der Waals surface area contributed by atoms with E-state index in [1.165, 1.54) is 30.7 Å². The van der Waals surface area contributed by atoms with E-state index in [0.717, 1.165) is 36.1 Å². The second-order valence-electron chi connectivity index (χ2n) is 5.93. The Labute approximate surface area is 139 Å². The highest BCUT2D eigenvalue weighted by Crippen LogP contribution is 2.27. The van der Waals surface area contributed by atoms with Gasteiger partial charge in [-0.1, -0.05) is 6.92 Å². The molecule has 1 aliphatic rings. The fourth-order valence-electron chi connectivity index (χ4n) is 2.78. The summed E-state index contributed by atoms with van der Waals surface area (Å²) in [5.74, 6) is 1.10. The second kappa shape index (κ2) is 7.25. The molecule has 0 aliphatic carbocycles. The van der Waals surface area contributed by atoms with Crippen molar-refractivity contribution in [1.82, 2.24) is 9.97 Å². The normalized spacial score (nSPS) is 18.2. The SMILES string of the molecule is CC1CCCN(c2cc(SCc3cc(F)ccc3F)ncn2)C1. The predicted molar refractivity (Wildman–Crippen MR) is 88.6 cm³/mol. The van der Waals surface area contributed by atoms with E-state index >= 15 is 0 Å². The molecule has 1 unspecified atom stereocenters. The molecule has 0 saturated carbocycles. The van der Waals surface area contributed by atoms with Crippen LogP contribution in [0.25, 0.3) is 0 Å². The molecule has 1 fully saturated rings. The number of benzene rings is 1. The van der Waals surface area contributed by atoms with Crippen LogP contribution in [0.3, 0.4) is 0 Å². The predicted octanol–water partition coefficient (Wildman–Crippen LogP) is 4.28. The molecule has 2 heterocycles. The Balaban J connectivity index is 1.69. The van der Waals surface area contributed by atoms with Crippen LogP contribution in [-0.2, 0) is 5.75 Å². The number of hydrogen-bond acceptors (Lipinski definition) is 4. The molecule has 3 rings (SSSR count). The number of aromatic nitrogens is 2. The first kappa shape index (κ1) is 16.2. The summed E-state index contributed by atoms with van der Waals surface area (Å²) in [7, 11) is 0. The number of rotatable bonds is 4. The van der Waals surface area contributed by atoms with Gasteiger partial charge in [0.15, 0.2) is 0 Å². The van der Waals surface area contributed by atoms with Crippen LogP contribution in [0, 0.1) is 17.6 Å². The summed E-state index contributed by atoms with van der Waals surface area (Å²) in [4.78, 5) is 10.8. The Morgan fingerprint density at radius 2 is 2.13 bits per heavy atom. The Hall–Kier alpha value is -1.69. The largest absolute Gasteiger partial charge is 0.356 e. The van der Waals surface area contributed by atoms with Gasteiger partial charge in [-0.15, -0.1) is 11.8 Å². The topological polar surface area (TPSA) is 29.0 Å². The van der Waals surface area contributed by atoms with Gasteiger partial charge in [-0.3, -0.25) is 0 Å². The average Bonchev–Trinajstić information content (AvgIpc) is 2.56. The Morgan fingerprint density at radius 1 is 1.26 bits per heavy atom. The zero-order chi connectivity index (χ0) is 16.2. The van der Waals surface area contributed by atoms with E-state index < -0.39 is 11.6 Å². The first-order chi connectivity index (χ1) is 11.1. The Morgan fingerprint density at radius 3 is 2.96 bits per heavy atom. The molecule has 1 aromatic carbocycles. The smallest absolute Gasteiger partial charge is 0.133 e. The summed E-state index contributed by atoms with van der Waals surface area (Å²) in [6.45, 7) is 4.25. The lowest BCUT2D eigenvalue weighted by Gasteiger charge is -2.31. The van der Waals surface area contributed by atoms with Crippen LogP contribution in [-0.4, -0.2) is 23.1 Å². The van der Waals surface area contributed by atoms with E-state index in [1.54, 1.807) is 6.33 Å². The Bertz CT molecular complexity index is 681. The molecule has 0 bridgehead atoms. The van der Waals surface area contributed by atoms with Crippen molar-refractivity contribution in [2.45, 2.75) is 30.5 Å². The van der Waals surface area contributed by atoms with Gasteiger partial charge in [-0.25, -0.2) is 18.7 Å². The fraction of sp³-hybridized carbons (Fsp3) is 0.412. The Kier molecular flexibility index (Phi) is 5.10. The van der Waals surface area contributed by atoms with Crippen molar-refractivity contribution in [3.05, 3.63) is 47.8 Å². The first-order valence-corrected chi connectivity index (χ1v) is 8.74. The van der Waals surface area contributed by atoms with E-state index in [2.05, 4.69) is 21.8 Å². The van der Waals surface area contributed by atoms with Crippen LogP contribution in [0.4, 0.5) is 14.6 Å². The maximum absolute atomic E-state index is 13.7. The van der Waals surface area contributed by atoms with Gasteiger partial charge >= 0.3 is 0 Å². The van der Waals surface area contributed by atoms with Crippen LogP contribution >= 0.6 is 11.8 Å². The maximum Gasteiger partial charge on any atom is 0.133 e. The minimum atomic E-state index is -0.423. The van der Waals surface area contributed by atoms with Gasteiger partial charge in [0.25, 0.3) is 0 Å². The van der Waals surface area contributed by atoms with Crippen LogP contribution in [0.15, 0.2) is 35.6 Å². The quantitative estimate of drug-likeness (QED) is 0.616. The summed E-state index contributed by atoms with van der Waals surface area (Å²) < 4.78 is 26.9. The van der Waals surface area contributed by atoms with Crippen molar-refractivity contribution in [3.8, 4) is 0 Å². The molecule has 0 spiro atoms. The van der Waals surface area contributed by atoms with Gasteiger partial charge in [-0.2, -0.15) is 0 Å². The minimum absolute atomic E-state index is 0.344. The average molecular weight is 335 g/mol. The highest BCUT2D eigenvalue weighted by Gasteiger charge is 2.18. The van der Waals surface area contributed by atoms with Crippen molar-refractivity contribution in [2.75, 3.05) is 18.0 Å². The summed E-state index contributed by atoms with van der Waals surface area (Å²) in [5, 5.41) is 0.775. The molecule has 0 N–H and O–H groups in total. The molecule has 1 saturated heterocycles. The number of piperidine rings is 1. The van der Waals surface area contributed by atoms with Gasteiger partial charge in [0.1, 0.15) is 28.8 Å². The summed E-state index contributed by atoms with van der Waals surface area (Å²) in [5.41, 5.74) is 0.349. The zero-order valence-electron chi connectivity index (χ0n) is 13.0. The summed E-state index contributed by atoms with van der Waals surface area (Å²) >= 11 is 1.39. The van der Waals surface area contributed by atoms with Crippen LogP contribution in [0.5, 0.6) is 0 Å². The minimum Gasteiger partial charge on any atom is -0.356 e. The lowest BCUT2D eigenvalue weighted by Crippen LogP contribution is -2.34. The van der Waals surface area contributed by atoms with Crippen molar-refractivity contribution < 1.29 is 8.78 Å². The molecule has 0 amide bonds. The van der Waals surface area contributed by atoms with Crippen molar-refractivity contribution in [3.63, 3.8) is 0 Å². The molecule has 122 valence electrons. The third-order valence-corrected chi connectivity index (χ3v) is 4.97. The van der Waals surface area contributed by atoms with Gasteiger partial charge < -0.3 is 4.90 Å². The fourth-order valence-corrected chi connectivity index (χ4v) is 3.62. The standard InChI is InChI=1S/C17H19F2N3S/c1-12-3-2-6-22(9-12)16-8-17(21-11-20-16)23-10-13-7-14(18)4-5-15(13)19/h4-5,7-8,11-12H,2-3,6,9-10H2,1H3. The third kappa shape index (κ3) is 4.19. The number of halogens is 2. The molecule has 1 aromatic heterocycles. The van der Waals surface area contributed by atoms with E-state index in [4.69, 9.17) is 0 Å². The molecule has 3 nitrogen and oxygen atoms in total. The molecular weight excluding hydrogens is 316 g/mol. The zero-order valence-corrected chi connectivity index (χ0v) is 13.8. The van der Waals surface area contributed by atoms with Crippen molar-refractivity contribution >= 4 is 17.6 Å². The second-order valence-corrected chi connectivity index (χ2v) is 6.93. The summed E-state index contributed by atoms with van der Waals surface area (Å²) in [6.07, 6.45) is 3.96. The van der Waals surface area contributed by atoms with Gasteiger partial charge in [0.2, 0.25) is 0 Å². The molecular formula is C17H19F2N3S. The maximum atomic E-state index is 13.7. The number of anilines is 1. The highest BCUT2D eigenvalue weighted by molar-refractivity contribution is 7.98. The van der Waals surface area contributed by atoms with Gasteiger partial charge in [-0.05, 0) is 37.0 Å². The van der Waals surface area contributed by atoms with E-state index in [9.17, 15) is 8.78 Å². The monoisotopic (exact) mass is 335 g/mol. The molecule has 1 aliphatic heterocycles. The number of nitrogens with zero attached hydrogens (tertiary/aromatic N) is 3. The van der Waals surface area contributed by atoms with E-state index in [1.807, 2.05) is 6.07 Å². The highest BCUT2D eigenvalue weighted by atomic mass is 32.2. The van der Waals surface area contributed by atoms with E-state index in [0.29, 0.717) is 17.2 Å². The van der Waals surface area contributed by atoms with E-state index in [-0.39, 0.29) is 0 Å². The third-order valence-electron chi connectivity index (χ3n) is 3.99. The lowest BCUT2D eigenvalue weighted by molar-refractivity contribution is 0.444. The van der Waals surface area contributed by atoms with Crippen LogP contribution < -0.4 is 4.90 Å². The molecule has 0 radical (unpaired) electrons. The summed E-state index contributed by atoms with van der Waals surface area (Å²) in [6, 6.07) is 5.45. The molecule has 1 atom stereocenters. The van der Waals surface area contributed by atoms with Crippen molar-refractivity contribution in [1.29, 1.82) is 0 Å². The lowest BCUT2D eigenvalue weighted by atomic mass is 10.0. The number of thioether (sulfide) groups is 1. The first-order valence-electron chi connectivity index (χ1n) is 7.75. The molecule has 23 heavy (non-hydrogen) atoms.